The number of pyridine rings is 1. The molecule has 6 nitrogen and oxygen atoms in total. The van der Waals surface area contributed by atoms with Crippen molar-refractivity contribution < 1.29 is 19.4 Å². The van der Waals surface area contributed by atoms with Crippen molar-refractivity contribution in [2.45, 2.75) is 50.5 Å². The molecule has 3 heterocycles. The highest BCUT2D eigenvalue weighted by Crippen LogP contribution is 2.44. The molecule has 1 aromatic heterocycles. The molecule has 1 aliphatic carbocycles. The molecule has 0 unspecified atom stereocenters. The van der Waals surface area contributed by atoms with Gasteiger partial charge in [0.05, 0.1) is 13.0 Å². The Kier molecular flexibility index (Phi) is 5.80. The number of fused-ring (bicyclic) bond motifs is 2. The van der Waals surface area contributed by atoms with E-state index < -0.39 is 5.97 Å². The van der Waals surface area contributed by atoms with Crippen LogP contribution in [0.1, 0.15) is 60.8 Å². The highest BCUT2D eigenvalue weighted by molar-refractivity contribution is 5.79. The van der Waals surface area contributed by atoms with Gasteiger partial charge in [0.1, 0.15) is 23.4 Å². The lowest BCUT2D eigenvalue weighted by Crippen LogP contribution is -2.30. The van der Waals surface area contributed by atoms with E-state index in [0.717, 1.165) is 48.8 Å². The SMILES string of the molecule is O=C(O)C[C@@H]1COc2cc(O[C@@H]3CCc4c(-c5cccnc5N5CCCCC5)cccc43)ccc21. The number of carbonyl (C=O) groups is 1. The molecular formula is C29H30N2O4. The molecule has 3 aliphatic rings. The summed E-state index contributed by atoms with van der Waals surface area (Å²) in [6, 6.07) is 16.6. The van der Waals surface area contributed by atoms with Gasteiger partial charge < -0.3 is 19.5 Å². The van der Waals surface area contributed by atoms with Crippen molar-refractivity contribution in [3.8, 4) is 22.6 Å². The Balaban J connectivity index is 1.26. The molecule has 2 aliphatic heterocycles. The third-order valence-electron chi connectivity index (χ3n) is 7.51. The maximum absolute atomic E-state index is 11.1. The normalized spacial score (nSPS) is 20.7. The zero-order chi connectivity index (χ0) is 23.8. The van der Waals surface area contributed by atoms with E-state index in [0.29, 0.717) is 6.61 Å². The number of rotatable bonds is 6. The molecule has 1 N–H and O–H groups in total. The Bertz CT molecular complexity index is 1250. The molecule has 2 atom stereocenters. The minimum Gasteiger partial charge on any atom is -0.492 e. The number of nitrogens with zero attached hydrogens (tertiary/aromatic N) is 2. The van der Waals surface area contributed by atoms with Gasteiger partial charge in [0.15, 0.2) is 0 Å². The van der Waals surface area contributed by atoms with E-state index in [1.807, 2.05) is 30.5 Å². The summed E-state index contributed by atoms with van der Waals surface area (Å²) in [5.74, 6) is 1.69. The highest BCUT2D eigenvalue weighted by Gasteiger charge is 2.30. The topological polar surface area (TPSA) is 71.9 Å². The van der Waals surface area contributed by atoms with Crippen molar-refractivity contribution in [3.63, 3.8) is 0 Å². The molecule has 35 heavy (non-hydrogen) atoms. The number of hydrogen-bond acceptors (Lipinski definition) is 5. The summed E-state index contributed by atoms with van der Waals surface area (Å²) in [6.07, 6.45) is 7.60. The van der Waals surface area contributed by atoms with Crippen molar-refractivity contribution >= 4 is 11.8 Å². The first-order valence-corrected chi connectivity index (χ1v) is 12.6. The lowest BCUT2D eigenvalue weighted by Gasteiger charge is -2.29. The van der Waals surface area contributed by atoms with Crippen LogP contribution in [0.3, 0.4) is 0 Å². The van der Waals surface area contributed by atoms with Gasteiger partial charge in [-0.15, -0.1) is 0 Å². The summed E-state index contributed by atoms with van der Waals surface area (Å²) in [6.45, 7) is 2.54. The van der Waals surface area contributed by atoms with Crippen LogP contribution in [0.5, 0.6) is 11.5 Å². The molecule has 180 valence electrons. The molecular weight excluding hydrogens is 440 g/mol. The molecule has 1 fully saturated rings. The van der Waals surface area contributed by atoms with E-state index in [9.17, 15) is 4.79 Å². The molecule has 6 heteroatoms. The maximum atomic E-state index is 11.1. The third-order valence-corrected chi connectivity index (χ3v) is 7.51. The summed E-state index contributed by atoms with van der Waals surface area (Å²) in [5, 5.41) is 9.15. The molecule has 3 aromatic rings. The summed E-state index contributed by atoms with van der Waals surface area (Å²) < 4.78 is 12.2. The first-order chi connectivity index (χ1) is 17.2. The van der Waals surface area contributed by atoms with Gasteiger partial charge in [0.25, 0.3) is 0 Å². The molecule has 6 rings (SSSR count). The number of carboxylic acid groups (broad SMARTS) is 1. The number of benzene rings is 2. The van der Waals surface area contributed by atoms with Crippen LogP contribution in [0.2, 0.25) is 0 Å². The lowest BCUT2D eigenvalue weighted by molar-refractivity contribution is -0.137. The smallest absolute Gasteiger partial charge is 0.304 e. The number of aliphatic carboxylic acids is 1. The maximum Gasteiger partial charge on any atom is 0.304 e. The predicted octanol–water partition coefficient (Wildman–Crippen LogP) is 5.76. The van der Waals surface area contributed by atoms with E-state index in [4.69, 9.17) is 19.6 Å². The van der Waals surface area contributed by atoms with Crippen molar-refractivity contribution in [1.29, 1.82) is 0 Å². The number of aromatic nitrogens is 1. The Hall–Kier alpha value is -3.54. The Labute approximate surface area is 205 Å². The van der Waals surface area contributed by atoms with Crippen LogP contribution in [0, 0.1) is 0 Å². The van der Waals surface area contributed by atoms with Crippen LogP contribution >= 0.6 is 0 Å². The zero-order valence-corrected chi connectivity index (χ0v) is 19.8. The van der Waals surface area contributed by atoms with Crippen LogP contribution < -0.4 is 14.4 Å². The van der Waals surface area contributed by atoms with E-state index in [1.54, 1.807) is 0 Å². The van der Waals surface area contributed by atoms with Gasteiger partial charge in [-0.25, -0.2) is 4.98 Å². The molecule has 0 amide bonds. The van der Waals surface area contributed by atoms with Gasteiger partial charge in [-0.1, -0.05) is 24.3 Å². The van der Waals surface area contributed by atoms with Crippen molar-refractivity contribution in [3.05, 3.63) is 71.4 Å². The van der Waals surface area contributed by atoms with Crippen LogP contribution in [0.15, 0.2) is 54.7 Å². The molecule has 0 saturated carbocycles. The van der Waals surface area contributed by atoms with Crippen molar-refractivity contribution in [2.75, 3.05) is 24.6 Å². The number of anilines is 1. The summed E-state index contributed by atoms with van der Waals surface area (Å²) >= 11 is 0. The first-order valence-electron chi connectivity index (χ1n) is 12.6. The van der Waals surface area contributed by atoms with Crippen LogP contribution in [0.25, 0.3) is 11.1 Å². The van der Waals surface area contributed by atoms with Gasteiger partial charge in [0.2, 0.25) is 0 Å². The van der Waals surface area contributed by atoms with Gasteiger partial charge in [0, 0.05) is 42.4 Å². The second-order valence-electron chi connectivity index (χ2n) is 9.75. The van der Waals surface area contributed by atoms with Gasteiger partial charge in [-0.3, -0.25) is 4.79 Å². The monoisotopic (exact) mass is 470 g/mol. The number of carboxylic acids is 1. The fraction of sp³-hybridized carbons (Fsp3) is 0.379. The number of ether oxygens (including phenoxy) is 2. The average Bonchev–Trinajstić information content (AvgIpc) is 3.48. The van der Waals surface area contributed by atoms with Crippen LogP contribution in [-0.2, 0) is 11.2 Å². The van der Waals surface area contributed by atoms with Crippen molar-refractivity contribution in [2.24, 2.45) is 0 Å². The molecule has 2 aromatic carbocycles. The minimum atomic E-state index is -0.804. The number of hydrogen-bond donors (Lipinski definition) is 1. The van der Waals surface area contributed by atoms with Gasteiger partial charge >= 0.3 is 5.97 Å². The largest absolute Gasteiger partial charge is 0.492 e. The van der Waals surface area contributed by atoms with Crippen LogP contribution in [0.4, 0.5) is 5.82 Å². The van der Waals surface area contributed by atoms with Gasteiger partial charge in [-0.2, -0.15) is 0 Å². The molecule has 0 bridgehead atoms. The predicted molar refractivity (Wildman–Crippen MR) is 134 cm³/mol. The molecule has 0 spiro atoms. The fourth-order valence-corrected chi connectivity index (χ4v) is 5.83. The van der Waals surface area contributed by atoms with E-state index in [2.05, 4.69) is 29.2 Å². The summed E-state index contributed by atoms with van der Waals surface area (Å²) in [4.78, 5) is 18.4. The Morgan fingerprint density at radius 3 is 2.77 bits per heavy atom. The summed E-state index contributed by atoms with van der Waals surface area (Å²) in [5.41, 5.74) is 6.01. The first kappa shape index (κ1) is 22.0. The van der Waals surface area contributed by atoms with Crippen LogP contribution in [-0.4, -0.2) is 35.8 Å². The van der Waals surface area contributed by atoms with E-state index in [1.165, 1.54) is 41.5 Å². The second-order valence-corrected chi connectivity index (χ2v) is 9.75. The Morgan fingerprint density at radius 1 is 1.06 bits per heavy atom. The Morgan fingerprint density at radius 2 is 1.91 bits per heavy atom. The lowest BCUT2D eigenvalue weighted by atomic mass is 9.96. The zero-order valence-electron chi connectivity index (χ0n) is 19.8. The quantitative estimate of drug-likeness (QED) is 0.494. The fourth-order valence-electron chi connectivity index (χ4n) is 5.83. The standard InChI is InChI=1S/C29H30N2O4/c32-28(33)16-19-18-34-27-17-20(9-10-21(19)27)35-26-12-11-23-22(6-4-7-24(23)26)25-8-5-13-30-29(25)31-14-2-1-3-15-31/h4-10,13,17,19,26H,1-3,11-12,14-16,18H2,(H,32,33)/t19-,26-/m1/s1. The van der Waals surface area contributed by atoms with Gasteiger partial charge in [-0.05, 0) is 67.0 Å². The highest BCUT2D eigenvalue weighted by atomic mass is 16.5. The number of piperidine rings is 1. The second kappa shape index (κ2) is 9.25. The summed E-state index contributed by atoms with van der Waals surface area (Å²) in [7, 11) is 0. The van der Waals surface area contributed by atoms with E-state index in [-0.39, 0.29) is 18.4 Å². The van der Waals surface area contributed by atoms with E-state index >= 15 is 0 Å². The third kappa shape index (κ3) is 4.22. The minimum absolute atomic E-state index is 0.0191. The molecule has 0 radical (unpaired) electrons. The molecule has 1 saturated heterocycles. The average molecular weight is 471 g/mol. The van der Waals surface area contributed by atoms with Crippen molar-refractivity contribution in [1.82, 2.24) is 4.98 Å².